The molecule has 0 radical (unpaired) electrons. The zero-order valence-corrected chi connectivity index (χ0v) is 21.6. The van der Waals surface area contributed by atoms with Gasteiger partial charge in [0.25, 0.3) is 0 Å². The number of thiophene rings is 1. The lowest BCUT2D eigenvalue weighted by atomic mass is 9.77. The van der Waals surface area contributed by atoms with Gasteiger partial charge in [-0.25, -0.2) is 9.59 Å². The zero-order chi connectivity index (χ0) is 24.8. The van der Waals surface area contributed by atoms with Crippen LogP contribution in [-0.2, 0) is 32.0 Å². The van der Waals surface area contributed by atoms with Crippen molar-refractivity contribution in [1.29, 1.82) is 0 Å². The topological polar surface area (TPSA) is 83.1 Å². The first-order chi connectivity index (χ1) is 16.9. The number of carbonyl (C=O) groups is 2. The highest BCUT2D eigenvalue weighted by molar-refractivity contribution is 7.12. The van der Waals surface area contributed by atoms with Crippen LogP contribution in [0.4, 0.5) is 4.79 Å². The van der Waals surface area contributed by atoms with Crippen molar-refractivity contribution in [3.63, 3.8) is 0 Å². The molecule has 1 aliphatic heterocycles. The maximum absolute atomic E-state index is 12.6. The molecule has 1 amide bonds. The number of amides is 1. The number of alkyl carbamates (subject to hydrolysis) is 1. The molecule has 1 aromatic carbocycles. The lowest BCUT2D eigenvalue weighted by molar-refractivity contribution is -0.183. The van der Waals surface area contributed by atoms with Crippen LogP contribution in [0.5, 0.6) is 0 Å². The summed E-state index contributed by atoms with van der Waals surface area (Å²) in [6.45, 7) is 6.23. The molecule has 190 valence electrons. The molecule has 0 unspecified atom stereocenters. The molecule has 1 N–H and O–H groups in total. The molecule has 2 fully saturated rings. The van der Waals surface area contributed by atoms with E-state index < -0.39 is 6.09 Å². The minimum atomic E-state index is -0.470. The monoisotopic (exact) mass is 501 g/mol. The highest BCUT2D eigenvalue weighted by Crippen LogP contribution is 2.46. The predicted molar refractivity (Wildman–Crippen MR) is 134 cm³/mol. The van der Waals surface area contributed by atoms with E-state index in [1.54, 1.807) is 11.3 Å². The number of ether oxygens (including phenoxy) is 4. The molecule has 0 bridgehead atoms. The van der Waals surface area contributed by atoms with Gasteiger partial charge in [-0.2, -0.15) is 0 Å². The summed E-state index contributed by atoms with van der Waals surface area (Å²) in [5, 5.41) is 2.80. The molecule has 2 heterocycles. The Morgan fingerprint density at radius 1 is 1.17 bits per heavy atom. The summed E-state index contributed by atoms with van der Waals surface area (Å²) in [4.78, 5) is 26.9. The number of esters is 1. The standard InChI is InChI=1S/C27H35NO6S/c1-18(21-9-12-27(13-10-21)33-15-16-34-27)24-19(2)23(25(29)31-3)22(35-24)11-14-28-26(30)32-17-20-7-5-4-6-8-20/h4-8,18,21H,9-17H2,1-3H3,(H,28,30)/t18-/m1/s1. The van der Waals surface area contributed by atoms with Gasteiger partial charge in [-0.05, 0) is 42.7 Å². The third kappa shape index (κ3) is 6.05. The van der Waals surface area contributed by atoms with Gasteiger partial charge in [-0.1, -0.05) is 37.3 Å². The van der Waals surface area contributed by atoms with Crippen LogP contribution in [-0.4, -0.2) is 44.7 Å². The SMILES string of the molecule is COC(=O)c1c(CCNC(=O)OCc2ccccc2)sc([C@H](C)C2CCC3(CC2)OCCO3)c1C. The molecule has 2 aromatic rings. The molecule has 1 saturated heterocycles. The molecule has 35 heavy (non-hydrogen) atoms. The van der Waals surface area contributed by atoms with Crippen LogP contribution in [0.2, 0.25) is 0 Å². The van der Waals surface area contributed by atoms with E-state index in [-0.39, 0.29) is 18.4 Å². The van der Waals surface area contributed by atoms with Crippen molar-refractivity contribution in [1.82, 2.24) is 5.32 Å². The van der Waals surface area contributed by atoms with Crippen molar-refractivity contribution >= 4 is 23.4 Å². The number of rotatable bonds is 8. The number of carbonyl (C=O) groups excluding carboxylic acids is 2. The summed E-state index contributed by atoms with van der Waals surface area (Å²) in [5.74, 6) is 0.133. The lowest BCUT2D eigenvalue weighted by Crippen LogP contribution is -2.36. The molecular weight excluding hydrogens is 466 g/mol. The maximum atomic E-state index is 12.6. The number of methoxy groups -OCH3 is 1. The Morgan fingerprint density at radius 3 is 2.51 bits per heavy atom. The van der Waals surface area contributed by atoms with Gasteiger partial charge < -0.3 is 24.3 Å². The minimum absolute atomic E-state index is 0.221. The fourth-order valence-corrected chi connectivity index (χ4v) is 6.65. The van der Waals surface area contributed by atoms with E-state index in [1.807, 2.05) is 37.3 Å². The fourth-order valence-electron chi connectivity index (χ4n) is 5.20. The van der Waals surface area contributed by atoms with Gasteiger partial charge in [-0.3, -0.25) is 0 Å². The molecule has 1 spiro atoms. The van der Waals surface area contributed by atoms with E-state index in [0.29, 0.717) is 43.6 Å². The molecule has 2 aliphatic rings. The van der Waals surface area contributed by atoms with Crippen molar-refractivity contribution < 1.29 is 28.5 Å². The predicted octanol–water partition coefficient (Wildman–Crippen LogP) is 5.35. The Labute approximate surface area is 211 Å². The van der Waals surface area contributed by atoms with E-state index in [1.165, 1.54) is 12.0 Å². The Hall–Kier alpha value is -2.42. The molecule has 1 atom stereocenters. The van der Waals surface area contributed by atoms with E-state index in [0.717, 1.165) is 41.7 Å². The second-order valence-electron chi connectivity index (χ2n) is 9.35. The smallest absolute Gasteiger partial charge is 0.407 e. The van der Waals surface area contributed by atoms with Gasteiger partial charge in [0.05, 0.1) is 25.9 Å². The molecule has 4 rings (SSSR count). The van der Waals surface area contributed by atoms with Gasteiger partial charge in [0.15, 0.2) is 5.79 Å². The van der Waals surface area contributed by atoms with Crippen LogP contribution >= 0.6 is 11.3 Å². The van der Waals surface area contributed by atoms with Crippen molar-refractivity contribution in [2.24, 2.45) is 5.92 Å². The van der Waals surface area contributed by atoms with Crippen LogP contribution in [0.15, 0.2) is 30.3 Å². The summed E-state index contributed by atoms with van der Waals surface area (Å²) >= 11 is 1.66. The summed E-state index contributed by atoms with van der Waals surface area (Å²) in [5.41, 5.74) is 2.56. The Balaban J connectivity index is 1.37. The highest BCUT2D eigenvalue weighted by atomic mass is 32.1. The second-order valence-corrected chi connectivity index (χ2v) is 10.5. The average Bonchev–Trinajstić information content (AvgIpc) is 3.47. The average molecular weight is 502 g/mol. The Morgan fingerprint density at radius 2 is 1.86 bits per heavy atom. The molecule has 1 aliphatic carbocycles. The van der Waals surface area contributed by atoms with E-state index in [9.17, 15) is 9.59 Å². The van der Waals surface area contributed by atoms with Gasteiger partial charge in [0.1, 0.15) is 6.61 Å². The van der Waals surface area contributed by atoms with Crippen LogP contribution in [0.25, 0.3) is 0 Å². The van der Waals surface area contributed by atoms with Gasteiger partial charge >= 0.3 is 12.1 Å². The highest BCUT2D eigenvalue weighted by Gasteiger charge is 2.42. The number of hydrogen-bond acceptors (Lipinski definition) is 7. The quantitative estimate of drug-likeness (QED) is 0.491. The first-order valence-corrected chi connectivity index (χ1v) is 13.2. The normalized spacial score (nSPS) is 18.4. The summed E-state index contributed by atoms with van der Waals surface area (Å²) in [6, 6.07) is 9.55. The van der Waals surface area contributed by atoms with E-state index >= 15 is 0 Å². The number of benzene rings is 1. The summed E-state index contributed by atoms with van der Waals surface area (Å²) < 4.78 is 22.2. The van der Waals surface area contributed by atoms with Crippen molar-refractivity contribution in [2.45, 2.75) is 64.3 Å². The Kier molecular flexibility index (Phi) is 8.46. The van der Waals surface area contributed by atoms with Crippen molar-refractivity contribution in [3.05, 3.63) is 56.8 Å². The zero-order valence-electron chi connectivity index (χ0n) is 20.8. The third-order valence-corrected chi connectivity index (χ3v) is 8.76. The molecule has 1 aromatic heterocycles. The second kappa shape index (κ2) is 11.5. The Bertz CT molecular complexity index is 1000. The van der Waals surface area contributed by atoms with Crippen molar-refractivity contribution in [3.8, 4) is 0 Å². The fraction of sp³-hybridized carbons (Fsp3) is 0.556. The van der Waals surface area contributed by atoms with Crippen molar-refractivity contribution in [2.75, 3.05) is 26.9 Å². The van der Waals surface area contributed by atoms with E-state index in [2.05, 4.69) is 12.2 Å². The molecule has 7 nitrogen and oxygen atoms in total. The van der Waals surface area contributed by atoms with Crippen LogP contribution < -0.4 is 5.32 Å². The third-order valence-electron chi connectivity index (χ3n) is 7.21. The molecule has 1 saturated carbocycles. The maximum Gasteiger partial charge on any atom is 0.407 e. The summed E-state index contributed by atoms with van der Waals surface area (Å²) in [7, 11) is 1.41. The first-order valence-electron chi connectivity index (χ1n) is 12.4. The van der Waals surface area contributed by atoms with Gasteiger partial charge in [-0.15, -0.1) is 11.3 Å². The van der Waals surface area contributed by atoms with Gasteiger partial charge in [0.2, 0.25) is 0 Å². The largest absolute Gasteiger partial charge is 0.465 e. The molecule has 8 heteroatoms. The first kappa shape index (κ1) is 25.7. The van der Waals surface area contributed by atoms with Crippen LogP contribution in [0.1, 0.15) is 69.8 Å². The van der Waals surface area contributed by atoms with Crippen LogP contribution in [0.3, 0.4) is 0 Å². The van der Waals surface area contributed by atoms with Gasteiger partial charge in [0, 0.05) is 35.6 Å². The summed E-state index contributed by atoms with van der Waals surface area (Å²) in [6.07, 6.45) is 3.98. The minimum Gasteiger partial charge on any atom is -0.465 e. The van der Waals surface area contributed by atoms with Crippen LogP contribution in [0, 0.1) is 12.8 Å². The van der Waals surface area contributed by atoms with E-state index in [4.69, 9.17) is 18.9 Å². The number of nitrogens with one attached hydrogen (secondary N) is 1. The number of hydrogen-bond donors (Lipinski definition) is 1. The molecular formula is C27H35NO6S. The lowest BCUT2D eigenvalue weighted by Gasteiger charge is -2.37.